The Hall–Kier alpha value is -2.31. The molecule has 0 aliphatic rings. The van der Waals surface area contributed by atoms with Crippen molar-refractivity contribution < 1.29 is 9.66 Å². The number of nitro benzene ring substituents is 1. The predicted molar refractivity (Wildman–Crippen MR) is 80.6 cm³/mol. The molecule has 0 spiro atoms. The van der Waals surface area contributed by atoms with E-state index in [4.69, 9.17) is 39.1 Å². The summed E-state index contributed by atoms with van der Waals surface area (Å²) in [6.07, 6.45) is 0. The van der Waals surface area contributed by atoms with Crippen molar-refractivity contribution in [2.45, 2.75) is 0 Å². The molecule has 0 atom stereocenters. The zero-order valence-corrected chi connectivity index (χ0v) is 12.0. The van der Waals surface area contributed by atoms with Gasteiger partial charge in [0.15, 0.2) is 0 Å². The SMILES string of the molecule is N=C(N)c1ccc(Cl)cc1Oc1c(Cl)cccc1[N+](=O)[O-]. The van der Waals surface area contributed by atoms with E-state index < -0.39 is 4.92 Å². The van der Waals surface area contributed by atoms with Gasteiger partial charge in [0.1, 0.15) is 11.6 Å². The van der Waals surface area contributed by atoms with Gasteiger partial charge in [-0.15, -0.1) is 0 Å². The zero-order chi connectivity index (χ0) is 15.6. The number of nitrogens with zero attached hydrogens (tertiary/aromatic N) is 1. The van der Waals surface area contributed by atoms with Gasteiger partial charge in [-0.2, -0.15) is 0 Å². The Morgan fingerprint density at radius 1 is 1.29 bits per heavy atom. The van der Waals surface area contributed by atoms with Crippen molar-refractivity contribution in [1.82, 2.24) is 0 Å². The van der Waals surface area contributed by atoms with Crippen LogP contribution in [0.25, 0.3) is 0 Å². The molecule has 0 fully saturated rings. The third-order valence-corrected chi connectivity index (χ3v) is 3.12. The normalized spacial score (nSPS) is 10.2. The molecule has 0 aromatic heterocycles. The second kappa shape index (κ2) is 5.99. The lowest BCUT2D eigenvalue weighted by atomic mass is 10.2. The third-order valence-electron chi connectivity index (χ3n) is 2.59. The zero-order valence-electron chi connectivity index (χ0n) is 10.5. The van der Waals surface area contributed by atoms with Crippen molar-refractivity contribution in [3.8, 4) is 11.5 Å². The van der Waals surface area contributed by atoms with Crippen molar-refractivity contribution in [3.05, 3.63) is 62.1 Å². The molecule has 0 aliphatic carbocycles. The van der Waals surface area contributed by atoms with Crippen LogP contribution in [0.15, 0.2) is 36.4 Å². The van der Waals surface area contributed by atoms with Crippen LogP contribution in [0.4, 0.5) is 5.69 Å². The Kier molecular flexibility index (Phi) is 4.30. The quantitative estimate of drug-likeness (QED) is 0.384. The molecule has 8 heteroatoms. The Bertz CT molecular complexity index is 735. The van der Waals surface area contributed by atoms with Gasteiger partial charge < -0.3 is 10.5 Å². The topological polar surface area (TPSA) is 102 Å². The van der Waals surface area contributed by atoms with E-state index >= 15 is 0 Å². The summed E-state index contributed by atoms with van der Waals surface area (Å²) in [5, 5.41) is 18.9. The lowest BCUT2D eigenvalue weighted by Crippen LogP contribution is -2.12. The molecule has 21 heavy (non-hydrogen) atoms. The van der Waals surface area contributed by atoms with Gasteiger partial charge in [0, 0.05) is 17.2 Å². The van der Waals surface area contributed by atoms with Crippen LogP contribution in [0.5, 0.6) is 11.5 Å². The van der Waals surface area contributed by atoms with Crippen molar-refractivity contribution in [1.29, 1.82) is 5.41 Å². The van der Waals surface area contributed by atoms with Crippen molar-refractivity contribution in [3.63, 3.8) is 0 Å². The van der Waals surface area contributed by atoms with E-state index in [2.05, 4.69) is 0 Å². The summed E-state index contributed by atoms with van der Waals surface area (Å²) < 4.78 is 5.50. The Labute approximate surface area is 129 Å². The van der Waals surface area contributed by atoms with E-state index in [1.165, 1.54) is 36.4 Å². The van der Waals surface area contributed by atoms with Gasteiger partial charge in [-0.1, -0.05) is 29.3 Å². The molecular formula is C13H9Cl2N3O3. The highest BCUT2D eigenvalue weighted by molar-refractivity contribution is 6.32. The van der Waals surface area contributed by atoms with Gasteiger partial charge in [-0.3, -0.25) is 15.5 Å². The van der Waals surface area contributed by atoms with Gasteiger partial charge in [-0.25, -0.2) is 0 Å². The number of rotatable bonds is 4. The molecule has 108 valence electrons. The fourth-order valence-electron chi connectivity index (χ4n) is 1.66. The first-order valence-corrected chi connectivity index (χ1v) is 6.40. The number of halogens is 2. The van der Waals surface area contributed by atoms with E-state index in [0.717, 1.165) is 0 Å². The maximum absolute atomic E-state index is 11.0. The number of nitro groups is 1. The number of hydrogen-bond donors (Lipinski definition) is 2. The number of nitrogens with two attached hydrogens (primary N) is 1. The molecule has 6 nitrogen and oxygen atoms in total. The lowest BCUT2D eigenvalue weighted by Gasteiger charge is -2.12. The summed E-state index contributed by atoms with van der Waals surface area (Å²) in [5.74, 6) is -0.267. The molecule has 0 bridgehead atoms. The van der Waals surface area contributed by atoms with E-state index in [-0.39, 0.29) is 33.6 Å². The number of nitrogen functional groups attached to an aromatic ring is 1. The summed E-state index contributed by atoms with van der Waals surface area (Å²) >= 11 is 11.8. The standard InChI is InChI=1S/C13H9Cl2N3O3/c14-7-4-5-8(13(16)17)11(6-7)21-12-9(15)2-1-3-10(12)18(19)20/h1-6H,(H3,16,17). The molecule has 0 radical (unpaired) electrons. The Balaban J connectivity index is 2.55. The lowest BCUT2D eigenvalue weighted by molar-refractivity contribution is -0.385. The highest BCUT2D eigenvalue weighted by Crippen LogP contribution is 2.39. The Morgan fingerprint density at radius 3 is 2.62 bits per heavy atom. The number of amidine groups is 1. The van der Waals surface area contributed by atoms with E-state index in [1.54, 1.807) is 0 Å². The van der Waals surface area contributed by atoms with Crippen LogP contribution in [-0.2, 0) is 0 Å². The van der Waals surface area contributed by atoms with Gasteiger partial charge in [0.05, 0.1) is 15.5 Å². The average molecular weight is 326 g/mol. The van der Waals surface area contributed by atoms with Crippen LogP contribution in [0.2, 0.25) is 10.0 Å². The molecule has 2 aromatic carbocycles. The molecule has 0 saturated heterocycles. The van der Waals surface area contributed by atoms with Gasteiger partial charge >= 0.3 is 5.69 Å². The smallest absolute Gasteiger partial charge is 0.313 e. The minimum absolute atomic E-state index is 0.0682. The first-order chi connectivity index (χ1) is 9.90. The molecular weight excluding hydrogens is 317 g/mol. The highest BCUT2D eigenvalue weighted by Gasteiger charge is 2.20. The predicted octanol–water partition coefficient (Wildman–Crippen LogP) is 3.98. The number of hydrogen-bond acceptors (Lipinski definition) is 4. The molecule has 0 heterocycles. The summed E-state index contributed by atoms with van der Waals surface area (Å²) in [4.78, 5) is 10.4. The minimum Gasteiger partial charge on any atom is -0.448 e. The van der Waals surface area contributed by atoms with E-state index in [1.807, 2.05) is 0 Å². The maximum Gasteiger partial charge on any atom is 0.313 e. The van der Waals surface area contributed by atoms with Gasteiger partial charge in [0.2, 0.25) is 5.75 Å². The highest BCUT2D eigenvalue weighted by atomic mass is 35.5. The second-order valence-electron chi connectivity index (χ2n) is 4.00. The average Bonchev–Trinajstić information content (AvgIpc) is 2.40. The minimum atomic E-state index is -0.612. The second-order valence-corrected chi connectivity index (χ2v) is 4.85. The third kappa shape index (κ3) is 3.24. The van der Waals surface area contributed by atoms with Crippen LogP contribution in [0.1, 0.15) is 5.56 Å². The Morgan fingerprint density at radius 2 is 2.00 bits per heavy atom. The van der Waals surface area contributed by atoms with Crippen molar-refractivity contribution in [2.24, 2.45) is 5.73 Å². The van der Waals surface area contributed by atoms with Gasteiger partial charge in [0.25, 0.3) is 0 Å². The van der Waals surface area contributed by atoms with Crippen molar-refractivity contribution >= 4 is 34.7 Å². The largest absolute Gasteiger partial charge is 0.448 e. The fraction of sp³-hybridized carbons (Fsp3) is 0. The molecule has 0 amide bonds. The van der Waals surface area contributed by atoms with Crippen LogP contribution in [0, 0.1) is 15.5 Å². The monoisotopic (exact) mass is 325 g/mol. The first kappa shape index (κ1) is 15.1. The van der Waals surface area contributed by atoms with Crippen LogP contribution < -0.4 is 10.5 Å². The maximum atomic E-state index is 11.0. The number of para-hydroxylation sites is 1. The number of nitrogens with one attached hydrogen (secondary N) is 1. The molecule has 0 unspecified atom stereocenters. The van der Waals surface area contributed by atoms with Crippen LogP contribution in [-0.4, -0.2) is 10.8 Å². The fourth-order valence-corrected chi connectivity index (χ4v) is 2.03. The molecule has 2 rings (SSSR count). The number of ether oxygens (including phenoxy) is 1. The summed E-state index contributed by atoms with van der Waals surface area (Å²) in [6, 6.07) is 8.60. The molecule has 3 N–H and O–H groups in total. The molecule has 0 aliphatic heterocycles. The summed E-state index contributed by atoms with van der Waals surface area (Å²) in [6.45, 7) is 0. The first-order valence-electron chi connectivity index (χ1n) is 5.65. The molecule has 2 aromatic rings. The van der Waals surface area contributed by atoms with Crippen LogP contribution >= 0.6 is 23.2 Å². The van der Waals surface area contributed by atoms with Crippen molar-refractivity contribution in [2.75, 3.05) is 0 Å². The van der Waals surface area contributed by atoms with Crippen LogP contribution in [0.3, 0.4) is 0 Å². The van der Waals surface area contributed by atoms with E-state index in [0.29, 0.717) is 5.02 Å². The summed E-state index contributed by atoms with van der Waals surface area (Å²) in [5.41, 5.74) is 5.41. The number of benzene rings is 2. The summed E-state index contributed by atoms with van der Waals surface area (Å²) in [7, 11) is 0. The molecule has 0 saturated carbocycles. The van der Waals surface area contributed by atoms with E-state index in [9.17, 15) is 10.1 Å². The van der Waals surface area contributed by atoms with Gasteiger partial charge in [-0.05, 0) is 18.2 Å².